The average Bonchev–Trinajstić information content (AvgIpc) is 2.45. The number of nitrogens with one attached hydrogen (secondary N) is 1. The van der Waals surface area contributed by atoms with Gasteiger partial charge in [-0.3, -0.25) is 9.59 Å². The number of hydrogen-bond donors (Lipinski definition) is 1. The van der Waals surface area contributed by atoms with Crippen LogP contribution in [0.5, 0.6) is 0 Å². The van der Waals surface area contributed by atoms with Gasteiger partial charge in [-0.1, -0.05) is 6.92 Å². The fourth-order valence-corrected chi connectivity index (χ4v) is 3.56. The zero-order valence-corrected chi connectivity index (χ0v) is 12.3. The number of benzene rings is 1. The largest absolute Gasteiger partial charge is 0.338 e. The van der Waals surface area contributed by atoms with Gasteiger partial charge in [0.1, 0.15) is 0 Å². The Morgan fingerprint density at radius 2 is 2.30 bits per heavy atom. The summed E-state index contributed by atoms with van der Waals surface area (Å²) < 4.78 is 0. The zero-order valence-electron chi connectivity index (χ0n) is 11.5. The highest BCUT2D eigenvalue weighted by molar-refractivity contribution is 8.00. The molecule has 5 heteroatoms. The summed E-state index contributed by atoms with van der Waals surface area (Å²) in [4.78, 5) is 26.9. The summed E-state index contributed by atoms with van der Waals surface area (Å²) in [5.41, 5.74) is 1.43. The van der Waals surface area contributed by atoms with Gasteiger partial charge in [-0.25, -0.2) is 0 Å². The Bertz CT molecular complexity index is 559. The standard InChI is InChI=1S/C15H18N2O2S/c1-10-3-2-6-17(8-10)15(19)11-4-5-13-12(7-11)16-14(18)9-20-13/h4-5,7,10H,2-3,6,8-9H2,1H3,(H,16,18)/t10-/m1/s1. The second kappa shape index (κ2) is 5.48. The molecule has 1 N–H and O–H groups in total. The number of nitrogens with zero attached hydrogens (tertiary/aromatic N) is 1. The predicted octanol–water partition coefficient (Wildman–Crippen LogP) is 2.60. The lowest BCUT2D eigenvalue weighted by Crippen LogP contribution is -2.39. The van der Waals surface area contributed by atoms with Gasteiger partial charge in [0.05, 0.1) is 11.4 Å². The lowest BCUT2D eigenvalue weighted by atomic mass is 9.99. The van der Waals surface area contributed by atoms with Crippen molar-refractivity contribution >= 4 is 29.3 Å². The molecule has 3 rings (SSSR count). The Labute approximate surface area is 122 Å². The summed E-state index contributed by atoms with van der Waals surface area (Å²) in [5.74, 6) is 1.09. The van der Waals surface area contributed by atoms with Crippen molar-refractivity contribution in [1.29, 1.82) is 0 Å². The summed E-state index contributed by atoms with van der Waals surface area (Å²) in [7, 11) is 0. The summed E-state index contributed by atoms with van der Waals surface area (Å²) in [5, 5.41) is 2.84. The van der Waals surface area contributed by atoms with Crippen molar-refractivity contribution in [3.8, 4) is 0 Å². The number of likely N-dealkylation sites (tertiary alicyclic amines) is 1. The van der Waals surface area contributed by atoms with Crippen molar-refractivity contribution in [3.05, 3.63) is 23.8 Å². The average molecular weight is 290 g/mol. The summed E-state index contributed by atoms with van der Waals surface area (Å²) in [6, 6.07) is 5.60. The van der Waals surface area contributed by atoms with E-state index < -0.39 is 0 Å². The first-order valence-electron chi connectivity index (χ1n) is 6.99. The third kappa shape index (κ3) is 2.68. The molecule has 1 atom stereocenters. The molecule has 20 heavy (non-hydrogen) atoms. The molecule has 2 aliphatic heterocycles. The van der Waals surface area contributed by atoms with Crippen LogP contribution in [0.25, 0.3) is 0 Å². The number of amides is 2. The minimum absolute atomic E-state index is 0.00121. The fraction of sp³-hybridized carbons (Fsp3) is 0.467. The highest BCUT2D eigenvalue weighted by Gasteiger charge is 2.23. The van der Waals surface area contributed by atoms with Crippen LogP contribution in [0.4, 0.5) is 5.69 Å². The summed E-state index contributed by atoms with van der Waals surface area (Å²) in [6.07, 6.45) is 2.27. The van der Waals surface area contributed by atoms with Gasteiger partial charge in [-0.05, 0) is 37.0 Å². The Morgan fingerprint density at radius 3 is 3.10 bits per heavy atom. The molecule has 0 aliphatic carbocycles. The van der Waals surface area contributed by atoms with Gasteiger partial charge in [0.2, 0.25) is 5.91 Å². The molecule has 2 heterocycles. The van der Waals surface area contributed by atoms with E-state index in [9.17, 15) is 9.59 Å². The van der Waals surface area contributed by atoms with Crippen molar-refractivity contribution in [3.63, 3.8) is 0 Å². The number of rotatable bonds is 1. The lowest BCUT2D eigenvalue weighted by Gasteiger charge is -2.31. The van der Waals surface area contributed by atoms with Crippen LogP contribution >= 0.6 is 11.8 Å². The van der Waals surface area contributed by atoms with Crippen molar-refractivity contribution in [2.45, 2.75) is 24.7 Å². The summed E-state index contributed by atoms with van der Waals surface area (Å²) in [6.45, 7) is 3.85. The smallest absolute Gasteiger partial charge is 0.253 e. The van der Waals surface area contributed by atoms with Crippen LogP contribution in [-0.2, 0) is 4.79 Å². The van der Waals surface area contributed by atoms with E-state index in [1.54, 1.807) is 6.07 Å². The second-order valence-electron chi connectivity index (χ2n) is 5.55. The topological polar surface area (TPSA) is 49.4 Å². The molecule has 0 radical (unpaired) electrons. The van der Waals surface area contributed by atoms with Crippen LogP contribution in [-0.4, -0.2) is 35.6 Å². The van der Waals surface area contributed by atoms with E-state index in [2.05, 4.69) is 12.2 Å². The maximum absolute atomic E-state index is 12.5. The van der Waals surface area contributed by atoms with Gasteiger partial charge in [-0.2, -0.15) is 0 Å². The quantitative estimate of drug-likeness (QED) is 0.865. The number of hydrogen-bond acceptors (Lipinski definition) is 3. The molecule has 106 valence electrons. The second-order valence-corrected chi connectivity index (χ2v) is 6.56. The maximum atomic E-state index is 12.5. The number of carbonyl (C=O) groups is 2. The summed E-state index contributed by atoms with van der Waals surface area (Å²) >= 11 is 1.52. The normalized spacial score (nSPS) is 22.1. The van der Waals surface area contributed by atoms with E-state index in [1.165, 1.54) is 18.2 Å². The van der Waals surface area contributed by atoms with Gasteiger partial charge >= 0.3 is 0 Å². The van der Waals surface area contributed by atoms with Crippen molar-refractivity contribution in [2.75, 3.05) is 24.2 Å². The van der Waals surface area contributed by atoms with Gasteiger partial charge in [-0.15, -0.1) is 11.8 Å². The third-order valence-electron chi connectivity index (χ3n) is 3.80. The van der Waals surface area contributed by atoms with E-state index >= 15 is 0 Å². The molecule has 1 saturated heterocycles. The third-order valence-corrected chi connectivity index (χ3v) is 4.88. The molecule has 0 spiro atoms. The molecular weight excluding hydrogens is 272 g/mol. The van der Waals surface area contributed by atoms with E-state index in [4.69, 9.17) is 0 Å². The molecule has 1 aromatic carbocycles. The Hall–Kier alpha value is -1.49. The first-order valence-corrected chi connectivity index (χ1v) is 7.98. The molecule has 4 nitrogen and oxygen atoms in total. The Balaban J connectivity index is 1.81. The molecule has 0 saturated carbocycles. The zero-order chi connectivity index (χ0) is 14.1. The molecule has 1 aromatic rings. The molecule has 0 aromatic heterocycles. The minimum Gasteiger partial charge on any atom is -0.338 e. The van der Waals surface area contributed by atoms with Crippen LogP contribution in [0.1, 0.15) is 30.1 Å². The fourth-order valence-electron chi connectivity index (χ4n) is 2.77. The minimum atomic E-state index is -0.00121. The number of fused-ring (bicyclic) bond motifs is 1. The Morgan fingerprint density at radius 1 is 1.45 bits per heavy atom. The molecule has 0 unspecified atom stereocenters. The van der Waals surface area contributed by atoms with Crippen LogP contribution in [0.2, 0.25) is 0 Å². The molecular formula is C15H18N2O2S. The van der Waals surface area contributed by atoms with Gasteiger partial charge in [0, 0.05) is 23.5 Å². The maximum Gasteiger partial charge on any atom is 0.253 e. The van der Waals surface area contributed by atoms with Crippen molar-refractivity contribution < 1.29 is 9.59 Å². The Kier molecular flexibility index (Phi) is 3.70. The van der Waals surface area contributed by atoms with E-state index in [-0.39, 0.29) is 11.8 Å². The molecule has 2 amide bonds. The van der Waals surface area contributed by atoms with Crippen molar-refractivity contribution in [1.82, 2.24) is 4.90 Å². The van der Waals surface area contributed by atoms with E-state index in [1.807, 2.05) is 17.0 Å². The molecule has 0 bridgehead atoms. The molecule has 2 aliphatic rings. The first kappa shape index (κ1) is 13.5. The number of anilines is 1. The van der Waals surface area contributed by atoms with Gasteiger partial charge < -0.3 is 10.2 Å². The highest BCUT2D eigenvalue weighted by Crippen LogP contribution is 2.32. The van der Waals surface area contributed by atoms with Crippen molar-refractivity contribution in [2.24, 2.45) is 5.92 Å². The van der Waals surface area contributed by atoms with Crippen LogP contribution in [0.15, 0.2) is 23.1 Å². The monoisotopic (exact) mass is 290 g/mol. The predicted molar refractivity (Wildman–Crippen MR) is 80.1 cm³/mol. The number of carbonyl (C=O) groups excluding carboxylic acids is 2. The number of thioether (sulfide) groups is 1. The highest BCUT2D eigenvalue weighted by atomic mass is 32.2. The van der Waals surface area contributed by atoms with E-state index in [0.717, 1.165) is 30.1 Å². The van der Waals surface area contributed by atoms with Crippen LogP contribution < -0.4 is 5.32 Å². The van der Waals surface area contributed by atoms with E-state index in [0.29, 0.717) is 17.2 Å². The SMILES string of the molecule is C[C@@H]1CCCN(C(=O)c2ccc3c(c2)NC(=O)CS3)C1. The van der Waals surface area contributed by atoms with Crippen LogP contribution in [0.3, 0.4) is 0 Å². The van der Waals surface area contributed by atoms with Gasteiger partial charge in [0.25, 0.3) is 5.91 Å². The molecule has 1 fully saturated rings. The number of piperidine rings is 1. The van der Waals surface area contributed by atoms with Gasteiger partial charge in [0.15, 0.2) is 0 Å². The lowest BCUT2D eigenvalue weighted by molar-refractivity contribution is -0.113. The first-order chi connectivity index (χ1) is 9.63. The van der Waals surface area contributed by atoms with Crippen LogP contribution in [0, 0.1) is 5.92 Å².